The van der Waals surface area contributed by atoms with Crippen molar-refractivity contribution in [1.82, 2.24) is 5.32 Å². The molecule has 1 aromatic carbocycles. The second kappa shape index (κ2) is 6.61. The molecule has 2 saturated carbocycles. The Kier molecular flexibility index (Phi) is 4.76. The van der Waals surface area contributed by atoms with E-state index in [-0.39, 0.29) is 23.0 Å². The van der Waals surface area contributed by atoms with Crippen LogP contribution in [0.2, 0.25) is 0 Å². The van der Waals surface area contributed by atoms with Crippen LogP contribution < -0.4 is 5.32 Å². The predicted molar refractivity (Wildman–Crippen MR) is 88.3 cm³/mol. The Morgan fingerprint density at radius 2 is 1.95 bits per heavy atom. The number of benzene rings is 1. The molecule has 22 heavy (non-hydrogen) atoms. The highest BCUT2D eigenvalue weighted by molar-refractivity contribution is 8.00. The lowest BCUT2D eigenvalue weighted by Crippen LogP contribution is -2.43. The van der Waals surface area contributed by atoms with E-state index in [1.807, 2.05) is 6.92 Å². The van der Waals surface area contributed by atoms with Crippen molar-refractivity contribution in [2.75, 3.05) is 0 Å². The second-order valence-electron chi connectivity index (χ2n) is 6.85. The van der Waals surface area contributed by atoms with Crippen molar-refractivity contribution in [2.45, 2.75) is 55.7 Å². The van der Waals surface area contributed by atoms with E-state index >= 15 is 0 Å². The summed E-state index contributed by atoms with van der Waals surface area (Å²) < 4.78 is 12.9. The smallest absolute Gasteiger partial charge is 0.233 e. The van der Waals surface area contributed by atoms with Crippen molar-refractivity contribution in [3.63, 3.8) is 0 Å². The number of fused-ring (bicyclic) bond motifs is 2. The number of halogens is 1. The Morgan fingerprint density at radius 1 is 1.23 bits per heavy atom. The minimum Gasteiger partial charge on any atom is -0.352 e. The van der Waals surface area contributed by atoms with E-state index in [1.165, 1.54) is 49.6 Å². The number of rotatable bonds is 5. The van der Waals surface area contributed by atoms with Crippen molar-refractivity contribution in [2.24, 2.45) is 17.8 Å². The molecule has 0 spiro atoms. The zero-order valence-electron chi connectivity index (χ0n) is 13.2. The van der Waals surface area contributed by atoms with Gasteiger partial charge in [-0.1, -0.05) is 6.42 Å². The lowest BCUT2D eigenvalue weighted by Gasteiger charge is -2.29. The molecule has 2 aliphatic rings. The van der Waals surface area contributed by atoms with Crippen LogP contribution in [0.3, 0.4) is 0 Å². The maximum atomic E-state index is 12.9. The predicted octanol–water partition coefficient (Wildman–Crippen LogP) is 4.25. The molecule has 1 amide bonds. The van der Waals surface area contributed by atoms with E-state index in [2.05, 4.69) is 12.2 Å². The molecule has 0 saturated heterocycles. The Bertz CT molecular complexity index is 532. The lowest BCUT2D eigenvalue weighted by atomic mass is 9.84. The lowest BCUT2D eigenvalue weighted by molar-refractivity contribution is -0.121. The highest BCUT2D eigenvalue weighted by Crippen LogP contribution is 2.49. The Morgan fingerprint density at radius 3 is 2.55 bits per heavy atom. The fraction of sp³-hybridized carbons (Fsp3) is 0.611. The van der Waals surface area contributed by atoms with Gasteiger partial charge in [0.25, 0.3) is 0 Å². The van der Waals surface area contributed by atoms with Crippen molar-refractivity contribution in [3.05, 3.63) is 30.1 Å². The van der Waals surface area contributed by atoms with Gasteiger partial charge in [0.05, 0.1) is 5.25 Å². The van der Waals surface area contributed by atoms with Gasteiger partial charge in [0.15, 0.2) is 0 Å². The summed E-state index contributed by atoms with van der Waals surface area (Å²) in [5.41, 5.74) is 0. The van der Waals surface area contributed by atoms with Gasteiger partial charge in [-0.25, -0.2) is 4.39 Å². The zero-order valence-corrected chi connectivity index (χ0v) is 14.0. The van der Waals surface area contributed by atoms with Gasteiger partial charge < -0.3 is 5.32 Å². The van der Waals surface area contributed by atoms with Gasteiger partial charge in [0.1, 0.15) is 5.82 Å². The molecule has 0 radical (unpaired) electrons. The fourth-order valence-corrected chi connectivity index (χ4v) is 5.00. The summed E-state index contributed by atoms with van der Waals surface area (Å²) in [6, 6.07) is 6.58. The normalized spacial score (nSPS) is 29.3. The van der Waals surface area contributed by atoms with Crippen molar-refractivity contribution >= 4 is 17.7 Å². The standard InChI is InChI=1S/C18H24FNOS/c1-11(17-10-13-3-4-14(17)9-13)20-18(21)12(2)22-16-7-5-15(19)6-8-16/h5-8,11-14,17H,3-4,9-10H2,1-2H3,(H,20,21)/t11-,12-,13-,14-,17+/m0/s1. The van der Waals surface area contributed by atoms with Crippen LogP contribution in [0.25, 0.3) is 0 Å². The number of carbonyl (C=O) groups is 1. The van der Waals surface area contributed by atoms with Crippen molar-refractivity contribution in [3.8, 4) is 0 Å². The van der Waals surface area contributed by atoms with Crippen LogP contribution in [0.15, 0.2) is 29.2 Å². The number of thioether (sulfide) groups is 1. The number of amides is 1. The largest absolute Gasteiger partial charge is 0.352 e. The first-order chi connectivity index (χ1) is 10.5. The SMILES string of the molecule is C[C@H](Sc1ccc(F)cc1)C(=O)N[C@@H](C)[C@H]1C[C@H]2CC[C@H]1C2. The number of carbonyl (C=O) groups excluding carboxylic acids is 1. The quantitative estimate of drug-likeness (QED) is 0.822. The monoisotopic (exact) mass is 321 g/mol. The molecular weight excluding hydrogens is 297 g/mol. The minimum absolute atomic E-state index is 0.0876. The van der Waals surface area contributed by atoms with Gasteiger partial charge in [-0.3, -0.25) is 4.79 Å². The molecule has 0 heterocycles. The van der Waals surface area contributed by atoms with Crippen molar-refractivity contribution in [1.29, 1.82) is 0 Å². The summed E-state index contributed by atoms with van der Waals surface area (Å²) in [5, 5.41) is 3.04. The van der Waals surface area contributed by atoms with Gasteiger partial charge in [0.2, 0.25) is 5.91 Å². The van der Waals surface area contributed by atoms with Crippen LogP contribution in [0, 0.1) is 23.6 Å². The summed E-state index contributed by atoms with van der Waals surface area (Å²) >= 11 is 1.48. The van der Waals surface area contributed by atoms with E-state index in [4.69, 9.17) is 0 Å². The molecule has 1 N–H and O–H groups in total. The molecular formula is C18H24FNOS. The molecule has 0 aromatic heterocycles. The summed E-state index contributed by atoms with van der Waals surface area (Å²) in [4.78, 5) is 13.3. The number of hydrogen-bond donors (Lipinski definition) is 1. The van der Waals surface area contributed by atoms with Crippen LogP contribution in [-0.2, 0) is 4.79 Å². The van der Waals surface area contributed by atoms with E-state index in [1.54, 1.807) is 12.1 Å². The second-order valence-corrected chi connectivity index (χ2v) is 8.26. The van der Waals surface area contributed by atoms with Gasteiger partial charge in [-0.2, -0.15) is 0 Å². The van der Waals surface area contributed by atoms with E-state index < -0.39 is 0 Å². The molecule has 3 rings (SSSR count). The molecule has 2 nitrogen and oxygen atoms in total. The summed E-state index contributed by atoms with van der Waals surface area (Å²) in [7, 11) is 0. The van der Waals surface area contributed by atoms with Crippen molar-refractivity contribution < 1.29 is 9.18 Å². The summed E-state index contributed by atoms with van der Waals surface area (Å²) in [6.07, 6.45) is 5.38. The maximum Gasteiger partial charge on any atom is 0.233 e. The van der Waals surface area contributed by atoms with E-state index in [9.17, 15) is 9.18 Å². The van der Waals surface area contributed by atoms with Crippen LogP contribution in [-0.4, -0.2) is 17.2 Å². The van der Waals surface area contributed by atoms with Gasteiger partial charge in [0, 0.05) is 10.9 Å². The molecule has 120 valence electrons. The minimum atomic E-state index is -0.244. The molecule has 2 fully saturated rings. The third-order valence-corrected chi connectivity index (χ3v) is 6.41. The molecule has 2 aliphatic carbocycles. The number of nitrogens with one attached hydrogen (secondary N) is 1. The van der Waals surface area contributed by atoms with Gasteiger partial charge in [-0.15, -0.1) is 11.8 Å². The fourth-order valence-electron chi connectivity index (χ4n) is 4.13. The highest BCUT2D eigenvalue weighted by atomic mass is 32.2. The molecule has 0 aliphatic heterocycles. The Labute approximate surface area is 136 Å². The average Bonchev–Trinajstić information content (AvgIpc) is 3.12. The first-order valence-electron chi connectivity index (χ1n) is 8.25. The number of hydrogen-bond acceptors (Lipinski definition) is 2. The van der Waals surface area contributed by atoms with E-state index in [0.717, 1.165) is 16.7 Å². The Balaban J connectivity index is 1.51. The topological polar surface area (TPSA) is 29.1 Å². The van der Waals surface area contributed by atoms with E-state index in [0.29, 0.717) is 5.92 Å². The average molecular weight is 321 g/mol. The summed E-state index contributed by atoms with van der Waals surface area (Å²) in [6.45, 7) is 4.06. The molecule has 1 aromatic rings. The zero-order chi connectivity index (χ0) is 15.7. The van der Waals surface area contributed by atoms with Crippen LogP contribution in [0.1, 0.15) is 39.5 Å². The highest BCUT2D eigenvalue weighted by Gasteiger charge is 2.42. The first kappa shape index (κ1) is 15.9. The van der Waals surface area contributed by atoms with Gasteiger partial charge in [-0.05, 0) is 75.1 Å². The molecule has 5 atom stereocenters. The van der Waals surface area contributed by atoms with Gasteiger partial charge >= 0.3 is 0 Å². The molecule has 0 unspecified atom stereocenters. The third kappa shape index (κ3) is 3.48. The third-order valence-electron chi connectivity index (χ3n) is 5.30. The summed E-state index contributed by atoms with van der Waals surface area (Å²) in [5.74, 6) is 2.22. The molecule has 2 bridgehead atoms. The molecule has 4 heteroatoms. The first-order valence-corrected chi connectivity index (χ1v) is 9.13. The van der Waals surface area contributed by atoms with Crippen LogP contribution >= 0.6 is 11.8 Å². The Hall–Kier alpha value is -1.03. The van der Waals surface area contributed by atoms with Crippen LogP contribution in [0.5, 0.6) is 0 Å². The maximum absolute atomic E-state index is 12.9. The van der Waals surface area contributed by atoms with Crippen LogP contribution in [0.4, 0.5) is 4.39 Å².